The fraction of sp³-hybridized carbons (Fsp3) is 0.0476. The molecule has 0 atom stereocenters. The highest BCUT2D eigenvalue weighted by Crippen LogP contribution is 2.26. The summed E-state index contributed by atoms with van der Waals surface area (Å²) in [5, 5.41) is 1.58. The first kappa shape index (κ1) is 15.6. The van der Waals surface area contributed by atoms with Gasteiger partial charge in [-0.15, -0.1) is 0 Å². The summed E-state index contributed by atoms with van der Waals surface area (Å²) in [4.78, 5) is 25.1. The van der Waals surface area contributed by atoms with E-state index in [1.165, 1.54) is 6.92 Å². The second kappa shape index (κ2) is 5.87. The Bertz CT molecular complexity index is 1140. The maximum absolute atomic E-state index is 13.1. The van der Waals surface area contributed by atoms with Crippen LogP contribution in [0.5, 0.6) is 0 Å². The Morgan fingerprint density at radius 3 is 2.32 bits per heavy atom. The Balaban J connectivity index is 2.05. The van der Waals surface area contributed by atoms with Gasteiger partial charge in [0.1, 0.15) is 0 Å². The topological polar surface area (TPSA) is 38.5 Å². The highest BCUT2D eigenvalue weighted by Gasteiger charge is 2.20. The maximum Gasteiger partial charge on any atom is 0.209 e. The molecule has 4 heteroatoms. The molecule has 0 unspecified atom stereocenters. The van der Waals surface area contributed by atoms with Crippen LogP contribution in [-0.2, 0) is 0 Å². The second-order valence-electron chi connectivity index (χ2n) is 5.95. The van der Waals surface area contributed by atoms with Gasteiger partial charge < -0.3 is 4.40 Å². The quantitative estimate of drug-likeness (QED) is 0.479. The van der Waals surface area contributed by atoms with E-state index in [-0.39, 0.29) is 11.6 Å². The van der Waals surface area contributed by atoms with E-state index in [9.17, 15) is 9.59 Å². The summed E-state index contributed by atoms with van der Waals surface area (Å²) in [6, 6.07) is 20.1. The molecule has 0 aliphatic rings. The lowest BCUT2D eigenvalue weighted by atomic mass is 10.1. The molecular formula is C21H14ClNO2. The molecule has 2 aromatic heterocycles. The SMILES string of the molecule is CC(=O)c1cc(C(=O)c2ccc(Cl)cc2)n2c1ccc1ccccc12. The number of nitrogens with zero attached hydrogens (tertiary/aromatic N) is 1. The molecule has 0 bridgehead atoms. The first-order valence-corrected chi connectivity index (χ1v) is 8.28. The number of fused-ring (bicyclic) bond motifs is 3. The number of aromatic nitrogens is 1. The number of rotatable bonds is 3. The second-order valence-corrected chi connectivity index (χ2v) is 6.38. The molecule has 0 aliphatic carbocycles. The average molecular weight is 348 g/mol. The fourth-order valence-corrected chi connectivity index (χ4v) is 3.27. The van der Waals surface area contributed by atoms with Gasteiger partial charge in [-0.2, -0.15) is 0 Å². The maximum atomic E-state index is 13.1. The van der Waals surface area contributed by atoms with Gasteiger partial charge >= 0.3 is 0 Å². The largest absolute Gasteiger partial charge is 0.305 e. The van der Waals surface area contributed by atoms with Crippen LogP contribution in [0.25, 0.3) is 16.4 Å². The molecule has 0 fully saturated rings. The van der Waals surface area contributed by atoms with Crippen molar-refractivity contribution < 1.29 is 9.59 Å². The molecule has 0 aliphatic heterocycles. The summed E-state index contributed by atoms with van der Waals surface area (Å²) < 4.78 is 1.86. The van der Waals surface area contributed by atoms with Crippen molar-refractivity contribution in [1.82, 2.24) is 4.40 Å². The van der Waals surface area contributed by atoms with Crippen LogP contribution in [0.1, 0.15) is 33.3 Å². The Hall–Kier alpha value is -2.91. The Morgan fingerprint density at radius 2 is 1.60 bits per heavy atom. The van der Waals surface area contributed by atoms with Gasteiger partial charge in [0.05, 0.1) is 16.7 Å². The van der Waals surface area contributed by atoms with Crippen LogP contribution < -0.4 is 0 Å². The van der Waals surface area contributed by atoms with Crippen molar-refractivity contribution in [3.8, 4) is 0 Å². The molecule has 0 amide bonds. The van der Waals surface area contributed by atoms with Crippen LogP contribution in [0, 0.1) is 0 Å². The average Bonchev–Trinajstić information content (AvgIpc) is 3.02. The molecule has 2 aromatic carbocycles. The number of carbonyl (C=O) groups is 2. The Labute approximate surface area is 149 Å². The van der Waals surface area contributed by atoms with Crippen molar-refractivity contribution in [3.05, 3.63) is 88.6 Å². The number of para-hydroxylation sites is 1. The van der Waals surface area contributed by atoms with Crippen LogP contribution in [0.3, 0.4) is 0 Å². The van der Waals surface area contributed by atoms with Gasteiger partial charge in [-0.3, -0.25) is 9.59 Å². The number of hydrogen-bond acceptors (Lipinski definition) is 2. The standard InChI is InChI=1S/C21H14ClNO2/c1-13(24)17-12-20(21(25)15-6-9-16(22)10-7-15)23-18-5-3-2-4-14(18)8-11-19(17)23/h2-12H,1H3. The van der Waals surface area contributed by atoms with Gasteiger partial charge in [-0.05, 0) is 54.8 Å². The molecule has 3 nitrogen and oxygen atoms in total. The predicted octanol–water partition coefficient (Wildman–Crippen LogP) is 5.18. The summed E-state index contributed by atoms with van der Waals surface area (Å²) in [5.74, 6) is -0.210. The third kappa shape index (κ3) is 2.53. The number of Topliss-reactive ketones (excluding diaryl/α,β-unsaturated/α-hetero) is 1. The van der Waals surface area contributed by atoms with Crippen molar-refractivity contribution in [2.24, 2.45) is 0 Å². The minimum Gasteiger partial charge on any atom is -0.305 e. The summed E-state index contributed by atoms with van der Waals surface area (Å²) in [5.41, 5.74) is 3.18. The van der Waals surface area contributed by atoms with Gasteiger partial charge in [0.2, 0.25) is 5.78 Å². The van der Waals surface area contributed by atoms with Crippen molar-refractivity contribution >= 4 is 39.6 Å². The van der Waals surface area contributed by atoms with E-state index in [0.717, 1.165) is 16.4 Å². The van der Waals surface area contributed by atoms with Gasteiger partial charge in [0.25, 0.3) is 0 Å². The molecule has 122 valence electrons. The van der Waals surface area contributed by atoms with Crippen molar-refractivity contribution in [3.63, 3.8) is 0 Å². The smallest absolute Gasteiger partial charge is 0.209 e. The summed E-state index contributed by atoms with van der Waals surface area (Å²) in [7, 11) is 0. The first-order valence-electron chi connectivity index (χ1n) is 7.90. The van der Waals surface area contributed by atoms with Crippen LogP contribution in [-0.4, -0.2) is 16.0 Å². The zero-order chi connectivity index (χ0) is 17.6. The molecule has 0 radical (unpaired) electrons. The zero-order valence-corrected chi connectivity index (χ0v) is 14.2. The number of halogens is 1. The van der Waals surface area contributed by atoms with E-state index in [4.69, 9.17) is 11.6 Å². The monoisotopic (exact) mass is 347 g/mol. The Morgan fingerprint density at radius 1 is 0.880 bits per heavy atom. The minimum atomic E-state index is -0.143. The number of carbonyl (C=O) groups excluding carboxylic acids is 2. The highest BCUT2D eigenvalue weighted by molar-refractivity contribution is 6.30. The number of ketones is 2. The fourth-order valence-electron chi connectivity index (χ4n) is 3.15. The molecule has 2 heterocycles. The van der Waals surface area contributed by atoms with Crippen LogP contribution in [0.15, 0.2) is 66.7 Å². The van der Waals surface area contributed by atoms with Gasteiger partial charge in [-0.25, -0.2) is 0 Å². The van der Waals surface area contributed by atoms with E-state index in [1.54, 1.807) is 30.3 Å². The third-order valence-corrected chi connectivity index (χ3v) is 4.61. The van der Waals surface area contributed by atoms with Crippen molar-refractivity contribution in [1.29, 1.82) is 0 Å². The first-order chi connectivity index (χ1) is 12.1. The lowest BCUT2D eigenvalue weighted by Gasteiger charge is -2.07. The number of pyridine rings is 1. The van der Waals surface area contributed by atoms with Crippen molar-refractivity contribution in [2.45, 2.75) is 6.92 Å². The number of hydrogen-bond donors (Lipinski definition) is 0. The minimum absolute atomic E-state index is 0.0667. The zero-order valence-electron chi connectivity index (χ0n) is 13.5. The molecular weight excluding hydrogens is 334 g/mol. The predicted molar refractivity (Wildman–Crippen MR) is 99.8 cm³/mol. The highest BCUT2D eigenvalue weighted by atomic mass is 35.5. The normalized spacial score (nSPS) is 11.1. The summed E-state index contributed by atoms with van der Waals surface area (Å²) in [6.45, 7) is 1.51. The molecule has 25 heavy (non-hydrogen) atoms. The van der Waals surface area contributed by atoms with Crippen LogP contribution >= 0.6 is 11.6 Å². The Kier molecular flexibility index (Phi) is 3.66. The molecule has 0 saturated carbocycles. The lowest BCUT2D eigenvalue weighted by Crippen LogP contribution is -2.05. The van der Waals surface area contributed by atoms with Crippen LogP contribution in [0.2, 0.25) is 5.02 Å². The molecule has 4 aromatic rings. The molecule has 4 rings (SSSR count). The molecule has 0 spiro atoms. The van der Waals surface area contributed by atoms with Crippen LogP contribution in [0.4, 0.5) is 0 Å². The molecule has 0 saturated heterocycles. The number of benzene rings is 2. The molecule has 0 N–H and O–H groups in total. The lowest BCUT2D eigenvalue weighted by molar-refractivity contribution is 0.101. The van der Waals surface area contributed by atoms with E-state index >= 15 is 0 Å². The van der Waals surface area contributed by atoms with Gasteiger partial charge in [-0.1, -0.05) is 35.9 Å². The van der Waals surface area contributed by atoms with E-state index in [2.05, 4.69) is 0 Å². The van der Waals surface area contributed by atoms with E-state index in [1.807, 2.05) is 40.8 Å². The van der Waals surface area contributed by atoms with Gasteiger partial charge in [0, 0.05) is 16.1 Å². The third-order valence-electron chi connectivity index (χ3n) is 4.36. The van der Waals surface area contributed by atoms with E-state index < -0.39 is 0 Å². The van der Waals surface area contributed by atoms with E-state index in [0.29, 0.717) is 21.8 Å². The summed E-state index contributed by atoms with van der Waals surface area (Å²) in [6.07, 6.45) is 0. The summed E-state index contributed by atoms with van der Waals surface area (Å²) >= 11 is 5.92. The van der Waals surface area contributed by atoms with Gasteiger partial charge in [0.15, 0.2) is 5.78 Å². The van der Waals surface area contributed by atoms with Crippen molar-refractivity contribution in [2.75, 3.05) is 0 Å².